The van der Waals surface area contributed by atoms with E-state index in [0.29, 0.717) is 22.8 Å². The third-order valence-corrected chi connectivity index (χ3v) is 6.49. The molecular weight excluding hydrogens is 427 g/mol. The number of aromatic nitrogens is 1. The summed E-state index contributed by atoms with van der Waals surface area (Å²) in [6, 6.07) is 6.01. The second kappa shape index (κ2) is 8.89. The molecule has 33 heavy (non-hydrogen) atoms. The predicted octanol–water partition coefficient (Wildman–Crippen LogP) is 5.49. The lowest BCUT2D eigenvalue weighted by Gasteiger charge is -2.38. The van der Waals surface area contributed by atoms with E-state index in [1.165, 1.54) is 25.3 Å². The fraction of sp³-hybridized carbons (Fsp3) is 0.400. The van der Waals surface area contributed by atoms with Gasteiger partial charge in [-0.15, -0.1) is 12.3 Å². The Bertz CT molecular complexity index is 1160. The average Bonchev–Trinajstić information content (AvgIpc) is 3.32. The number of nitrogens with zero attached hydrogens (tertiary/aromatic N) is 3. The van der Waals surface area contributed by atoms with Gasteiger partial charge in [0.05, 0.1) is 22.5 Å². The normalized spacial score (nSPS) is 21.0. The third kappa shape index (κ3) is 4.08. The summed E-state index contributed by atoms with van der Waals surface area (Å²) in [6.45, 7) is 1.65. The van der Waals surface area contributed by atoms with Crippen molar-refractivity contribution in [2.75, 3.05) is 7.05 Å². The van der Waals surface area contributed by atoms with Gasteiger partial charge in [0.25, 0.3) is 0 Å². The number of terminal acetylenes is 1. The molecule has 5 rings (SSSR count). The van der Waals surface area contributed by atoms with Crippen LogP contribution >= 0.6 is 0 Å². The van der Waals surface area contributed by atoms with Gasteiger partial charge < -0.3 is 20.5 Å². The molecule has 2 aromatic rings. The largest absolute Gasteiger partial charge is 0.418 e. The lowest BCUT2D eigenvalue weighted by molar-refractivity contribution is -0.136. The summed E-state index contributed by atoms with van der Waals surface area (Å²) in [5, 5.41) is 0.524. The molecule has 1 fully saturated rings. The first-order chi connectivity index (χ1) is 15.8. The van der Waals surface area contributed by atoms with Gasteiger partial charge in [-0.25, -0.2) is 4.99 Å². The number of nitrogens with two attached hydrogens (primary N) is 1. The number of fused-ring (bicyclic) bond motifs is 2. The molecule has 2 aliphatic heterocycles. The van der Waals surface area contributed by atoms with Gasteiger partial charge in [0.1, 0.15) is 17.7 Å². The van der Waals surface area contributed by atoms with Crippen molar-refractivity contribution in [2.24, 2.45) is 16.6 Å². The van der Waals surface area contributed by atoms with E-state index in [-0.39, 0.29) is 11.7 Å². The Morgan fingerprint density at radius 2 is 1.88 bits per heavy atom. The maximum Gasteiger partial charge on any atom is 0.418 e. The molecule has 1 aromatic carbocycles. The number of rotatable bonds is 2. The Morgan fingerprint density at radius 1 is 1.18 bits per heavy atom. The fourth-order valence-corrected chi connectivity index (χ4v) is 5.22. The van der Waals surface area contributed by atoms with Crippen molar-refractivity contribution in [3.8, 4) is 12.3 Å². The quantitative estimate of drug-likeness (QED) is 0.589. The molecule has 1 unspecified atom stereocenters. The van der Waals surface area contributed by atoms with Gasteiger partial charge in [-0.1, -0.05) is 31.4 Å². The van der Waals surface area contributed by atoms with Crippen LogP contribution in [0.1, 0.15) is 50.3 Å². The van der Waals surface area contributed by atoms with Crippen molar-refractivity contribution < 1.29 is 13.2 Å². The van der Waals surface area contributed by atoms with E-state index in [2.05, 4.69) is 32.1 Å². The first kappa shape index (κ1) is 22.8. The maximum atomic E-state index is 13.5. The molecule has 0 spiro atoms. The van der Waals surface area contributed by atoms with E-state index in [0.717, 1.165) is 30.3 Å². The van der Waals surface area contributed by atoms with Crippen LogP contribution in [0.5, 0.6) is 0 Å². The molecule has 3 aliphatic rings. The van der Waals surface area contributed by atoms with Crippen LogP contribution in [0.2, 0.25) is 0 Å². The zero-order valence-electron chi connectivity index (χ0n) is 18.8. The Balaban J connectivity index is 0.000000821. The minimum absolute atomic E-state index is 0.0779. The van der Waals surface area contributed by atoms with Gasteiger partial charge in [0.15, 0.2) is 0 Å². The lowest BCUT2D eigenvalue weighted by atomic mass is 9.86. The summed E-state index contributed by atoms with van der Waals surface area (Å²) in [7, 11) is 2.00. The van der Waals surface area contributed by atoms with Gasteiger partial charge >= 0.3 is 6.18 Å². The molecule has 1 aromatic heterocycles. The van der Waals surface area contributed by atoms with Crippen molar-refractivity contribution in [3.63, 3.8) is 0 Å². The van der Waals surface area contributed by atoms with Crippen LogP contribution in [-0.2, 0) is 6.18 Å². The highest BCUT2D eigenvalue weighted by molar-refractivity contribution is 6.05. The zero-order chi connectivity index (χ0) is 23.8. The molecule has 1 saturated carbocycles. The van der Waals surface area contributed by atoms with E-state index in [9.17, 15) is 13.2 Å². The van der Waals surface area contributed by atoms with E-state index in [1.807, 2.05) is 13.2 Å². The molecule has 8 heteroatoms. The van der Waals surface area contributed by atoms with Gasteiger partial charge in [-0.2, -0.15) is 13.2 Å². The molecule has 0 amide bonds. The van der Waals surface area contributed by atoms with Crippen LogP contribution < -0.4 is 5.73 Å². The minimum Gasteiger partial charge on any atom is -0.382 e. The summed E-state index contributed by atoms with van der Waals surface area (Å²) in [4.78, 5) is 11.6. The van der Waals surface area contributed by atoms with Crippen LogP contribution in [0.15, 0.2) is 47.4 Å². The van der Waals surface area contributed by atoms with Crippen molar-refractivity contribution in [2.45, 2.75) is 51.4 Å². The highest BCUT2D eigenvalue weighted by Crippen LogP contribution is 2.44. The first-order valence-electron chi connectivity index (χ1n) is 11.1. The van der Waals surface area contributed by atoms with Gasteiger partial charge in [-0.3, -0.25) is 0 Å². The molecule has 174 valence electrons. The highest BCUT2D eigenvalue weighted by atomic mass is 19.4. The van der Waals surface area contributed by atoms with Crippen LogP contribution in [0.25, 0.3) is 16.6 Å². The minimum atomic E-state index is -4.42. The highest BCUT2D eigenvalue weighted by Gasteiger charge is 2.43. The van der Waals surface area contributed by atoms with Crippen molar-refractivity contribution in [1.82, 2.24) is 14.8 Å². The van der Waals surface area contributed by atoms with Crippen LogP contribution in [0.3, 0.4) is 0 Å². The summed E-state index contributed by atoms with van der Waals surface area (Å²) >= 11 is 0. The number of hydrogen-bond acceptors (Lipinski definition) is 4. The number of aromatic amines is 1. The molecular formula is C25H28F3N5. The number of aliphatic imine (C=N–C) groups is 1. The third-order valence-electron chi connectivity index (χ3n) is 6.49. The van der Waals surface area contributed by atoms with Crippen LogP contribution in [0.4, 0.5) is 13.2 Å². The second-order valence-electron chi connectivity index (χ2n) is 8.58. The van der Waals surface area contributed by atoms with Crippen molar-refractivity contribution in [3.05, 3.63) is 53.6 Å². The van der Waals surface area contributed by atoms with Crippen LogP contribution in [-0.4, -0.2) is 33.8 Å². The van der Waals surface area contributed by atoms with E-state index in [4.69, 9.17) is 5.73 Å². The number of halogens is 3. The SMILES string of the molecule is C#CC.CN1C(c2cc3cccc(C(F)(F)F)c3[nH]2)=C2C(N)=NC=CN2C1C1CCCCC1. The number of para-hydroxylation sites is 1. The number of benzene rings is 1. The van der Waals surface area contributed by atoms with Crippen molar-refractivity contribution in [1.29, 1.82) is 0 Å². The molecule has 3 heterocycles. The molecule has 0 radical (unpaired) electrons. The van der Waals surface area contributed by atoms with E-state index in [1.54, 1.807) is 25.3 Å². The van der Waals surface area contributed by atoms with Gasteiger partial charge in [0, 0.05) is 24.8 Å². The Morgan fingerprint density at radius 3 is 2.55 bits per heavy atom. The predicted molar refractivity (Wildman–Crippen MR) is 125 cm³/mol. The van der Waals surface area contributed by atoms with Gasteiger partial charge in [0.2, 0.25) is 0 Å². The van der Waals surface area contributed by atoms with E-state index < -0.39 is 11.7 Å². The fourth-order valence-electron chi connectivity index (χ4n) is 5.22. The Kier molecular flexibility index (Phi) is 6.15. The average molecular weight is 456 g/mol. The van der Waals surface area contributed by atoms with Crippen molar-refractivity contribution >= 4 is 22.4 Å². The number of alkyl halides is 3. The number of nitrogens with one attached hydrogen (secondary N) is 1. The summed E-state index contributed by atoms with van der Waals surface area (Å²) in [6.07, 6.45) is 9.77. The standard InChI is InChI=1S/C22H24F3N5.C3H4/c1-29-18(16-12-14-8-5-9-15(17(14)28-16)22(23,24)25)19-20(26)27-10-11-30(19)21(29)13-6-3-2-4-7-13;1-3-2/h5,8-13,21,28H,2-4,6-7H2,1H3,(H2,26,27);1H,2H3. The first-order valence-corrected chi connectivity index (χ1v) is 11.1. The molecule has 0 bridgehead atoms. The number of H-pyrrole nitrogens is 1. The number of amidine groups is 1. The monoisotopic (exact) mass is 455 g/mol. The van der Waals surface area contributed by atoms with Gasteiger partial charge in [-0.05, 0) is 37.8 Å². The number of hydrogen-bond donors (Lipinski definition) is 2. The lowest BCUT2D eigenvalue weighted by Crippen LogP contribution is -2.44. The topological polar surface area (TPSA) is 60.6 Å². The smallest absolute Gasteiger partial charge is 0.382 e. The molecule has 0 saturated heterocycles. The zero-order valence-corrected chi connectivity index (χ0v) is 18.8. The molecule has 3 N–H and O–H groups in total. The summed E-state index contributed by atoms with van der Waals surface area (Å²) in [5.74, 6) is 3.09. The molecule has 5 nitrogen and oxygen atoms in total. The molecule has 1 atom stereocenters. The summed E-state index contributed by atoms with van der Waals surface area (Å²) in [5.41, 5.74) is 7.88. The Hall–Kier alpha value is -3.34. The second-order valence-corrected chi connectivity index (χ2v) is 8.58. The molecule has 1 aliphatic carbocycles. The maximum absolute atomic E-state index is 13.5. The van der Waals surface area contributed by atoms with E-state index >= 15 is 0 Å². The summed E-state index contributed by atoms with van der Waals surface area (Å²) < 4.78 is 40.6. The Labute approximate surface area is 191 Å². The van der Waals surface area contributed by atoms with Crippen LogP contribution in [0, 0.1) is 18.3 Å².